The van der Waals surface area contributed by atoms with E-state index in [-0.39, 0.29) is 10.2 Å². The summed E-state index contributed by atoms with van der Waals surface area (Å²) in [6, 6.07) is 0. The minimum Gasteiger partial charge on any atom is -0.318 e. The Morgan fingerprint density at radius 1 is 1.12 bits per heavy atom. The highest BCUT2D eigenvalue weighted by Gasteiger charge is 2.35. The number of nitrogens with one attached hydrogen (secondary N) is 1. The molecule has 1 aliphatic heterocycles. The lowest BCUT2D eigenvalue weighted by Gasteiger charge is -2.07. The number of Topliss-reactive ketones (excluding diaryl/α,β-unsaturated/α-hetero) is 1. The second kappa shape index (κ2) is 4.91. The molecule has 17 heavy (non-hydrogen) atoms. The Hall–Kier alpha value is -1.30. The first kappa shape index (κ1) is 13.8. The zero-order valence-corrected chi connectivity index (χ0v) is 11.0. The van der Waals surface area contributed by atoms with Crippen LogP contribution in [-0.2, 0) is 4.79 Å². The SMILES string of the molecule is CC.Cc1c(Br)c(F)c(F)c2c1NC(=O)C2=O. The molecule has 0 fully saturated rings. The van der Waals surface area contributed by atoms with Gasteiger partial charge in [-0.1, -0.05) is 13.8 Å². The van der Waals surface area contributed by atoms with Crippen molar-refractivity contribution < 1.29 is 18.4 Å². The fraction of sp³-hybridized carbons (Fsp3) is 0.273. The Balaban J connectivity index is 0.000000686. The van der Waals surface area contributed by atoms with Crippen LogP contribution in [0.3, 0.4) is 0 Å². The summed E-state index contributed by atoms with van der Waals surface area (Å²) in [6.45, 7) is 5.48. The average molecular weight is 306 g/mol. The Morgan fingerprint density at radius 3 is 2.18 bits per heavy atom. The van der Waals surface area contributed by atoms with E-state index in [2.05, 4.69) is 21.2 Å². The zero-order valence-electron chi connectivity index (χ0n) is 9.45. The molecule has 1 amide bonds. The molecule has 0 aliphatic carbocycles. The number of amides is 1. The van der Waals surface area contributed by atoms with Crippen LogP contribution in [0.5, 0.6) is 0 Å². The molecule has 2 rings (SSSR count). The van der Waals surface area contributed by atoms with E-state index < -0.39 is 28.9 Å². The van der Waals surface area contributed by atoms with E-state index in [0.29, 0.717) is 5.56 Å². The predicted molar refractivity (Wildman–Crippen MR) is 63.1 cm³/mol. The van der Waals surface area contributed by atoms with Crippen molar-refractivity contribution in [1.82, 2.24) is 0 Å². The molecule has 0 spiro atoms. The largest absolute Gasteiger partial charge is 0.318 e. The van der Waals surface area contributed by atoms with Gasteiger partial charge in [-0.25, -0.2) is 8.78 Å². The highest BCUT2D eigenvalue weighted by Crippen LogP contribution is 2.36. The van der Waals surface area contributed by atoms with Gasteiger partial charge in [0.2, 0.25) is 0 Å². The number of rotatable bonds is 0. The molecule has 0 bridgehead atoms. The lowest BCUT2D eigenvalue weighted by molar-refractivity contribution is -0.112. The third kappa shape index (κ3) is 1.97. The third-order valence-corrected chi connectivity index (χ3v) is 3.17. The van der Waals surface area contributed by atoms with Gasteiger partial charge in [0, 0.05) is 0 Å². The van der Waals surface area contributed by atoms with E-state index in [0.717, 1.165) is 0 Å². The molecule has 1 aromatic carbocycles. The summed E-state index contributed by atoms with van der Waals surface area (Å²) in [5.74, 6) is -4.44. The first-order valence-electron chi connectivity index (χ1n) is 4.98. The maximum absolute atomic E-state index is 13.3. The van der Waals surface area contributed by atoms with Gasteiger partial charge >= 0.3 is 0 Å². The summed E-state index contributed by atoms with van der Waals surface area (Å²) in [4.78, 5) is 22.2. The number of halogens is 3. The lowest BCUT2D eigenvalue weighted by atomic mass is 10.1. The van der Waals surface area contributed by atoms with Crippen LogP contribution in [-0.4, -0.2) is 11.7 Å². The van der Waals surface area contributed by atoms with Crippen molar-refractivity contribution in [3.05, 3.63) is 27.2 Å². The molecule has 0 saturated carbocycles. The van der Waals surface area contributed by atoms with Crippen molar-refractivity contribution in [3.8, 4) is 0 Å². The average Bonchev–Trinajstić information content (AvgIpc) is 2.63. The second-order valence-corrected chi connectivity index (χ2v) is 3.89. The van der Waals surface area contributed by atoms with E-state index in [1.165, 1.54) is 6.92 Å². The Kier molecular flexibility index (Phi) is 3.98. The maximum Gasteiger partial charge on any atom is 0.296 e. The quantitative estimate of drug-likeness (QED) is 0.591. The Labute approximate surface area is 105 Å². The van der Waals surface area contributed by atoms with E-state index in [1.807, 2.05) is 13.8 Å². The van der Waals surface area contributed by atoms with Gasteiger partial charge in [-0.05, 0) is 28.4 Å². The summed E-state index contributed by atoms with van der Waals surface area (Å²) in [5.41, 5.74) is -0.183. The first-order chi connectivity index (χ1) is 7.95. The monoisotopic (exact) mass is 305 g/mol. The molecule has 1 N–H and O–H groups in total. The van der Waals surface area contributed by atoms with Crippen LogP contribution in [0, 0.1) is 18.6 Å². The topological polar surface area (TPSA) is 46.2 Å². The molecule has 0 radical (unpaired) electrons. The van der Waals surface area contributed by atoms with E-state index in [4.69, 9.17) is 0 Å². The molecule has 6 heteroatoms. The van der Waals surface area contributed by atoms with E-state index in [9.17, 15) is 18.4 Å². The maximum atomic E-state index is 13.3. The highest BCUT2D eigenvalue weighted by molar-refractivity contribution is 9.10. The third-order valence-electron chi connectivity index (χ3n) is 2.23. The molecule has 1 aromatic rings. The van der Waals surface area contributed by atoms with Crippen molar-refractivity contribution >= 4 is 33.3 Å². The summed E-state index contributed by atoms with van der Waals surface area (Å²) < 4.78 is 26.5. The molecular weight excluding hydrogens is 296 g/mol. The molecule has 3 nitrogen and oxygen atoms in total. The number of anilines is 1. The van der Waals surface area contributed by atoms with Gasteiger partial charge in [0.25, 0.3) is 11.7 Å². The van der Waals surface area contributed by atoms with Crippen LogP contribution < -0.4 is 5.32 Å². The van der Waals surface area contributed by atoms with E-state index >= 15 is 0 Å². The van der Waals surface area contributed by atoms with Gasteiger partial charge in [0.05, 0.1) is 15.7 Å². The van der Waals surface area contributed by atoms with Crippen molar-refractivity contribution in [2.24, 2.45) is 0 Å². The predicted octanol–water partition coefficient (Wildman–Crippen LogP) is 3.20. The minimum absolute atomic E-state index is 0.0378. The van der Waals surface area contributed by atoms with Crippen molar-refractivity contribution in [2.75, 3.05) is 5.32 Å². The fourth-order valence-electron chi connectivity index (χ4n) is 1.43. The van der Waals surface area contributed by atoms with Crippen LogP contribution in [0.15, 0.2) is 4.47 Å². The summed E-state index contributed by atoms with van der Waals surface area (Å²) in [5, 5.41) is 2.20. The fourth-order valence-corrected chi connectivity index (χ4v) is 1.80. The normalized spacial score (nSPS) is 12.8. The van der Waals surface area contributed by atoms with Gasteiger partial charge in [0.15, 0.2) is 11.6 Å². The molecule has 1 aliphatic rings. The molecule has 0 saturated heterocycles. The Morgan fingerprint density at radius 2 is 1.65 bits per heavy atom. The van der Waals surface area contributed by atoms with Crippen molar-refractivity contribution in [1.29, 1.82) is 0 Å². The first-order valence-corrected chi connectivity index (χ1v) is 5.77. The van der Waals surface area contributed by atoms with Gasteiger partial charge < -0.3 is 5.32 Å². The van der Waals surface area contributed by atoms with Crippen molar-refractivity contribution in [2.45, 2.75) is 20.8 Å². The number of carbonyl (C=O) groups excluding carboxylic acids is 2. The van der Waals surface area contributed by atoms with Gasteiger partial charge in [-0.15, -0.1) is 0 Å². The summed E-state index contributed by atoms with van der Waals surface area (Å²) in [6.07, 6.45) is 0. The van der Waals surface area contributed by atoms with E-state index in [1.54, 1.807) is 0 Å². The molecule has 0 unspecified atom stereocenters. The molecule has 1 heterocycles. The molecule has 0 aromatic heterocycles. The van der Waals surface area contributed by atoms with Crippen LogP contribution in [0.4, 0.5) is 14.5 Å². The number of hydrogen-bond acceptors (Lipinski definition) is 2. The zero-order chi connectivity index (χ0) is 13.3. The van der Waals surface area contributed by atoms with Gasteiger partial charge in [-0.2, -0.15) is 0 Å². The lowest BCUT2D eigenvalue weighted by Crippen LogP contribution is -2.13. The number of ketones is 1. The smallest absolute Gasteiger partial charge is 0.296 e. The summed E-state index contributed by atoms with van der Waals surface area (Å²) in [7, 11) is 0. The molecule has 0 atom stereocenters. The molecular formula is C11H10BrF2NO2. The van der Waals surface area contributed by atoms with Crippen LogP contribution in [0.1, 0.15) is 29.8 Å². The number of fused-ring (bicyclic) bond motifs is 1. The molecule has 92 valence electrons. The number of benzene rings is 1. The van der Waals surface area contributed by atoms with Crippen LogP contribution in [0.2, 0.25) is 0 Å². The van der Waals surface area contributed by atoms with Crippen LogP contribution in [0.25, 0.3) is 0 Å². The highest BCUT2D eigenvalue weighted by atomic mass is 79.9. The summed E-state index contributed by atoms with van der Waals surface area (Å²) >= 11 is 2.85. The minimum atomic E-state index is -1.30. The number of carbonyl (C=O) groups is 2. The Bertz CT molecular complexity index is 515. The van der Waals surface area contributed by atoms with Crippen molar-refractivity contribution in [3.63, 3.8) is 0 Å². The second-order valence-electron chi connectivity index (χ2n) is 3.10. The van der Waals surface area contributed by atoms with Gasteiger partial charge in [-0.3, -0.25) is 9.59 Å². The number of hydrogen-bond donors (Lipinski definition) is 1. The standard InChI is InChI=1S/C9H4BrF2NO2.C2H6/c1-2-4(10)6(12)5(11)3-7(2)13-9(15)8(3)14;1-2/h1H3,(H,13,14,15);1-2H3. The van der Waals surface area contributed by atoms with Gasteiger partial charge in [0.1, 0.15) is 0 Å². The van der Waals surface area contributed by atoms with Crippen LogP contribution >= 0.6 is 15.9 Å².